The van der Waals surface area contributed by atoms with Crippen molar-refractivity contribution < 1.29 is 9.15 Å². The molecule has 2 aromatic heterocycles. The van der Waals surface area contributed by atoms with Gasteiger partial charge in [0.1, 0.15) is 0 Å². The second-order valence-corrected chi connectivity index (χ2v) is 6.07. The van der Waals surface area contributed by atoms with E-state index in [4.69, 9.17) is 9.15 Å². The maximum Gasteiger partial charge on any atom is 0.318 e. The molecule has 1 atom stereocenters. The zero-order chi connectivity index (χ0) is 14.7. The first-order valence-corrected chi connectivity index (χ1v) is 8.02. The van der Waals surface area contributed by atoms with E-state index in [0.29, 0.717) is 25.1 Å². The number of nitrogens with one attached hydrogen (secondary N) is 1. The first-order chi connectivity index (χ1) is 10.3. The van der Waals surface area contributed by atoms with E-state index in [1.54, 1.807) is 7.11 Å². The summed E-state index contributed by atoms with van der Waals surface area (Å²) >= 11 is 1.83. The van der Waals surface area contributed by atoms with Crippen LogP contribution >= 0.6 is 11.3 Å². The third-order valence-electron chi connectivity index (χ3n) is 3.74. The van der Waals surface area contributed by atoms with Crippen molar-refractivity contribution in [3.63, 3.8) is 0 Å². The first kappa shape index (κ1) is 14.5. The maximum absolute atomic E-state index is 5.77. The second kappa shape index (κ2) is 6.55. The van der Waals surface area contributed by atoms with Crippen LogP contribution in [-0.4, -0.2) is 37.0 Å². The highest BCUT2D eigenvalue weighted by atomic mass is 32.1. The minimum absolute atomic E-state index is 0.287. The molecular formula is C14H20N4O2S. The zero-order valence-electron chi connectivity index (χ0n) is 12.3. The Morgan fingerprint density at radius 1 is 1.52 bits per heavy atom. The summed E-state index contributed by atoms with van der Waals surface area (Å²) in [6, 6.07) is 3.10. The molecule has 114 valence electrons. The Bertz CT molecular complexity index is 583. The van der Waals surface area contributed by atoms with Crippen LogP contribution in [0.15, 0.2) is 15.9 Å². The lowest BCUT2D eigenvalue weighted by Gasteiger charge is -2.31. The van der Waals surface area contributed by atoms with Crippen molar-refractivity contribution in [1.82, 2.24) is 15.5 Å². The smallest absolute Gasteiger partial charge is 0.318 e. The molecule has 6 nitrogen and oxygen atoms in total. The van der Waals surface area contributed by atoms with Gasteiger partial charge in [0.15, 0.2) is 0 Å². The van der Waals surface area contributed by atoms with Crippen LogP contribution in [0.3, 0.4) is 0 Å². The van der Waals surface area contributed by atoms with Crippen molar-refractivity contribution >= 4 is 17.4 Å². The van der Waals surface area contributed by atoms with Gasteiger partial charge in [-0.2, -0.15) is 0 Å². The molecular weight excluding hydrogens is 288 g/mol. The summed E-state index contributed by atoms with van der Waals surface area (Å²) < 4.78 is 10.8. The number of ether oxygens (including phenoxy) is 1. The summed E-state index contributed by atoms with van der Waals surface area (Å²) in [6.07, 6.45) is 1.04. The number of methoxy groups -OCH3 is 1. The van der Waals surface area contributed by atoms with Gasteiger partial charge in [0.05, 0.1) is 19.2 Å². The van der Waals surface area contributed by atoms with Crippen molar-refractivity contribution in [1.29, 1.82) is 0 Å². The molecule has 0 saturated carbocycles. The number of thiophene rings is 1. The fraction of sp³-hybridized carbons (Fsp3) is 0.571. The average Bonchev–Trinajstić information content (AvgIpc) is 3.13. The van der Waals surface area contributed by atoms with E-state index in [1.807, 2.05) is 11.3 Å². The summed E-state index contributed by atoms with van der Waals surface area (Å²) in [7, 11) is 1.68. The van der Waals surface area contributed by atoms with E-state index in [2.05, 4.69) is 38.8 Å². The van der Waals surface area contributed by atoms with Crippen LogP contribution in [0.5, 0.6) is 0 Å². The molecule has 0 amide bonds. The molecule has 0 aliphatic carbocycles. The predicted octanol–water partition coefficient (Wildman–Crippen LogP) is 1.99. The third-order valence-corrected chi connectivity index (χ3v) is 4.73. The molecule has 7 heteroatoms. The fourth-order valence-corrected chi connectivity index (χ4v) is 3.54. The van der Waals surface area contributed by atoms with Crippen molar-refractivity contribution in [3.8, 4) is 0 Å². The van der Waals surface area contributed by atoms with Crippen LogP contribution < -0.4 is 10.2 Å². The van der Waals surface area contributed by atoms with Gasteiger partial charge in [0, 0.05) is 25.1 Å². The summed E-state index contributed by atoms with van der Waals surface area (Å²) in [5.41, 5.74) is 1.38. The topological polar surface area (TPSA) is 63.4 Å². The second-order valence-electron chi connectivity index (χ2n) is 5.07. The Morgan fingerprint density at radius 3 is 3.29 bits per heavy atom. The Hall–Kier alpha value is -1.44. The fourth-order valence-electron chi connectivity index (χ4n) is 2.57. The Morgan fingerprint density at radius 2 is 2.43 bits per heavy atom. The van der Waals surface area contributed by atoms with Gasteiger partial charge in [-0.1, -0.05) is 5.10 Å². The molecule has 1 N–H and O–H groups in total. The standard InChI is InChI=1S/C14H20N4O2S/c1-10-11-4-8-21-12(11)3-6-18(10)14-17-16-13(20-14)9-15-5-7-19-2/h4,8,10,15H,3,5-7,9H2,1-2H3. The molecule has 3 rings (SSSR count). The van der Waals surface area contributed by atoms with E-state index < -0.39 is 0 Å². The number of aromatic nitrogens is 2. The maximum atomic E-state index is 5.77. The van der Waals surface area contributed by atoms with Crippen LogP contribution in [0, 0.1) is 0 Å². The quantitative estimate of drug-likeness (QED) is 0.824. The molecule has 0 bridgehead atoms. The largest absolute Gasteiger partial charge is 0.407 e. The summed E-state index contributed by atoms with van der Waals surface area (Å²) in [5, 5.41) is 13.7. The van der Waals surface area contributed by atoms with Gasteiger partial charge in [0.2, 0.25) is 5.89 Å². The lowest BCUT2D eigenvalue weighted by Crippen LogP contribution is -2.33. The SMILES string of the molecule is COCCNCc1nnc(N2CCc3sccc3C2C)o1. The number of fused-ring (bicyclic) bond motifs is 1. The summed E-state index contributed by atoms with van der Waals surface area (Å²) in [6.45, 7) is 5.12. The van der Waals surface area contributed by atoms with Crippen molar-refractivity contribution in [2.24, 2.45) is 0 Å². The van der Waals surface area contributed by atoms with Crippen LogP contribution in [0.2, 0.25) is 0 Å². The van der Waals surface area contributed by atoms with E-state index in [1.165, 1.54) is 10.4 Å². The average molecular weight is 308 g/mol. The van der Waals surface area contributed by atoms with E-state index in [-0.39, 0.29) is 6.04 Å². The van der Waals surface area contributed by atoms with Gasteiger partial charge < -0.3 is 19.4 Å². The van der Waals surface area contributed by atoms with E-state index in [0.717, 1.165) is 19.5 Å². The van der Waals surface area contributed by atoms with Gasteiger partial charge in [-0.3, -0.25) is 0 Å². The first-order valence-electron chi connectivity index (χ1n) is 7.14. The van der Waals surface area contributed by atoms with Crippen molar-refractivity contribution in [3.05, 3.63) is 27.8 Å². The minimum Gasteiger partial charge on any atom is -0.407 e. The molecule has 0 spiro atoms. The summed E-state index contributed by atoms with van der Waals surface area (Å²) in [5.74, 6) is 0.615. The molecule has 0 aromatic carbocycles. The number of nitrogens with zero attached hydrogens (tertiary/aromatic N) is 3. The predicted molar refractivity (Wildman–Crippen MR) is 81.7 cm³/mol. The lowest BCUT2D eigenvalue weighted by molar-refractivity contribution is 0.198. The number of hydrogen-bond acceptors (Lipinski definition) is 7. The number of anilines is 1. The highest BCUT2D eigenvalue weighted by molar-refractivity contribution is 7.10. The Labute approximate surface area is 128 Å². The van der Waals surface area contributed by atoms with Crippen molar-refractivity contribution in [2.45, 2.75) is 25.9 Å². The third kappa shape index (κ3) is 3.09. The summed E-state index contributed by atoms with van der Waals surface area (Å²) in [4.78, 5) is 3.65. The minimum atomic E-state index is 0.287. The number of hydrogen-bond donors (Lipinski definition) is 1. The Balaban J connectivity index is 1.64. The van der Waals surface area contributed by atoms with Gasteiger partial charge in [0.25, 0.3) is 0 Å². The normalized spacial score (nSPS) is 18.0. The molecule has 1 aliphatic rings. The Kier molecular flexibility index (Phi) is 4.52. The number of rotatable bonds is 6. The van der Waals surface area contributed by atoms with E-state index in [9.17, 15) is 0 Å². The molecule has 3 heterocycles. The lowest BCUT2D eigenvalue weighted by atomic mass is 10.0. The van der Waals surface area contributed by atoms with Gasteiger partial charge in [-0.25, -0.2) is 0 Å². The van der Waals surface area contributed by atoms with Crippen molar-refractivity contribution in [2.75, 3.05) is 31.7 Å². The van der Waals surface area contributed by atoms with Crippen LogP contribution in [0.4, 0.5) is 6.01 Å². The molecule has 0 radical (unpaired) electrons. The van der Waals surface area contributed by atoms with Gasteiger partial charge in [-0.05, 0) is 30.4 Å². The monoisotopic (exact) mass is 308 g/mol. The molecule has 0 saturated heterocycles. The van der Waals surface area contributed by atoms with Gasteiger partial charge in [-0.15, -0.1) is 16.4 Å². The molecule has 0 fully saturated rings. The molecule has 1 unspecified atom stereocenters. The van der Waals surface area contributed by atoms with Crippen LogP contribution in [-0.2, 0) is 17.7 Å². The highest BCUT2D eigenvalue weighted by Crippen LogP contribution is 2.35. The van der Waals surface area contributed by atoms with Gasteiger partial charge >= 0.3 is 6.01 Å². The zero-order valence-corrected chi connectivity index (χ0v) is 13.2. The molecule has 21 heavy (non-hydrogen) atoms. The van der Waals surface area contributed by atoms with Crippen LogP contribution in [0.25, 0.3) is 0 Å². The van der Waals surface area contributed by atoms with Crippen LogP contribution in [0.1, 0.15) is 29.3 Å². The molecule has 1 aliphatic heterocycles. The highest BCUT2D eigenvalue weighted by Gasteiger charge is 2.28. The molecule has 2 aromatic rings. The van der Waals surface area contributed by atoms with E-state index >= 15 is 0 Å².